The molecule has 1 N–H and O–H groups in total. The summed E-state index contributed by atoms with van der Waals surface area (Å²) in [6.45, 7) is 0.672. The van der Waals surface area contributed by atoms with E-state index < -0.39 is 0 Å². The molecule has 0 aliphatic rings. The number of benzene rings is 2. The molecule has 94 valence electrons. The van der Waals surface area contributed by atoms with Gasteiger partial charge < -0.3 is 10.1 Å². The standard InChI is InChI=1S/C14H13FINO/c1-18-13-6-4-12(5-7-13)17-9-10-2-3-11(15)8-14(10)16/h2-8,17H,9H2,1H3. The maximum atomic E-state index is 13.0. The Morgan fingerprint density at radius 3 is 2.50 bits per heavy atom. The van der Waals surface area contributed by atoms with Gasteiger partial charge in [0.1, 0.15) is 11.6 Å². The van der Waals surface area contributed by atoms with Crippen LogP contribution in [0.4, 0.5) is 10.1 Å². The van der Waals surface area contributed by atoms with Crippen LogP contribution in [-0.4, -0.2) is 7.11 Å². The van der Waals surface area contributed by atoms with Gasteiger partial charge in [-0.1, -0.05) is 6.07 Å². The van der Waals surface area contributed by atoms with Crippen LogP contribution in [0.25, 0.3) is 0 Å². The Bertz CT molecular complexity index is 528. The number of hydrogen-bond donors (Lipinski definition) is 1. The second-order valence-electron chi connectivity index (χ2n) is 3.82. The maximum Gasteiger partial charge on any atom is 0.124 e. The zero-order chi connectivity index (χ0) is 13.0. The van der Waals surface area contributed by atoms with E-state index in [1.807, 2.05) is 24.3 Å². The lowest BCUT2D eigenvalue weighted by Crippen LogP contribution is -2.01. The molecule has 0 aliphatic heterocycles. The molecule has 18 heavy (non-hydrogen) atoms. The van der Waals surface area contributed by atoms with Crippen molar-refractivity contribution >= 4 is 28.3 Å². The second kappa shape index (κ2) is 6.04. The highest BCUT2D eigenvalue weighted by atomic mass is 127. The van der Waals surface area contributed by atoms with Crippen LogP contribution in [0.5, 0.6) is 5.75 Å². The molecule has 2 nitrogen and oxygen atoms in total. The van der Waals surface area contributed by atoms with Crippen molar-refractivity contribution in [2.45, 2.75) is 6.54 Å². The van der Waals surface area contributed by atoms with Crippen LogP contribution in [0.15, 0.2) is 42.5 Å². The van der Waals surface area contributed by atoms with Gasteiger partial charge in [-0.15, -0.1) is 0 Å². The van der Waals surface area contributed by atoms with E-state index in [0.29, 0.717) is 6.54 Å². The second-order valence-corrected chi connectivity index (χ2v) is 4.98. The zero-order valence-corrected chi connectivity index (χ0v) is 12.1. The molecule has 2 rings (SSSR count). The lowest BCUT2D eigenvalue weighted by Gasteiger charge is -2.09. The molecule has 0 unspecified atom stereocenters. The van der Waals surface area contributed by atoms with Crippen LogP contribution in [-0.2, 0) is 6.54 Å². The molecule has 0 aromatic heterocycles. The fourth-order valence-electron chi connectivity index (χ4n) is 1.57. The summed E-state index contributed by atoms with van der Waals surface area (Å²) >= 11 is 2.14. The summed E-state index contributed by atoms with van der Waals surface area (Å²) in [5.41, 5.74) is 2.09. The molecule has 0 atom stereocenters. The topological polar surface area (TPSA) is 21.3 Å². The van der Waals surface area contributed by atoms with Crippen LogP contribution >= 0.6 is 22.6 Å². The van der Waals surface area contributed by atoms with E-state index in [1.165, 1.54) is 12.1 Å². The van der Waals surface area contributed by atoms with Crippen molar-refractivity contribution in [1.29, 1.82) is 0 Å². The van der Waals surface area contributed by atoms with Gasteiger partial charge in [0.2, 0.25) is 0 Å². The van der Waals surface area contributed by atoms with Crippen molar-refractivity contribution in [2.75, 3.05) is 12.4 Å². The number of anilines is 1. The van der Waals surface area contributed by atoms with Crippen LogP contribution in [0, 0.1) is 9.39 Å². The first-order valence-electron chi connectivity index (χ1n) is 5.51. The fourth-order valence-corrected chi connectivity index (χ4v) is 2.24. The highest BCUT2D eigenvalue weighted by Gasteiger charge is 2.01. The lowest BCUT2D eigenvalue weighted by molar-refractivity contribution is 0.415. The van der Waals surface area contributed by atoms with Crippen LogP contribution < -0.4 is 10.1 Å². The first-order chi connectivity index (χ1) is 8.69. The Labute approximate surface area is 119 Å². The first kappa shape index (κ1) is 13.1. The van der Waals surface area contributed by atoms with Gasteiger partial charge in [0.05, 0.1) is 7.11 Å². The number of halogens is 2. The van der Waals surface area contributed by atoms with E-state index in [0.717, 1.165) is 20.6 Å². The highest BCUT2D eigenvalue weighted by Crippen LogP contribution is 2.18. The van der Waals surface area contributed by atoms with E-state index in [2.05, 4.69) is 27.9 Å². The Balaban J connectivity index is 2.02. The van der Waals surface area contributed by atoms with Crippen molar-refractivity contribution < 1.29 is 9.13 Å². The van der Waals surface area contributed by atoms with Crippen molar-refractivity contribution in [3.63, 3.8) is 0 Å². The molecule has 0 fully saturated rings. The lowest BCUT2D eigenvalue weighted by atomic mass is 10.2. The van der Waals surface area contributed by atoms with E-state index >= 15 is 0 Å². The quantitative estimate of drug-likeness (QED) is 0.834. The van der Waals surface area contributed by atoms with Gasteiger partial charge in [-0.2, -0.15) is 0 Å². The number of methoxy groups -OCH3 is 1. The zero-order valence-electron chi connectivity index (χ0n) is 9.91. The summed E-state index contributed by atoms with van der Waals surface area (Å²) in [6, 6.07) is 12.5. The van der Waals surface area contributed by atoms with Crippen molar-refractivity contribution in [2.24, 2.45) is 0 Å². The third-order valence-electron chi connectivity index (χ3n) is 2.59. The normalized spacial score (nSPS) is 10.2. The summed E-state index contributed by atoms with van der Waals surface area (Å²) in [7, 11) is 1.64. The molecule has 0 aliphatic carbocycles. The molecule has 2 aromatic rings. The van der Waals surface area contributed by atoms with Gasteiger partial charge in [0, 0.05) is 15.8 Å². The molecule has 0 bridgehead atoms. The Morgan fingerprint density at radius 1 is 1.17 bits per heavy atom. The van der Waals surface area contributed by atoms with Crippen molar-refractivity contribution in [1.82, 2.24) is 0 Å². The summed E-state index contributed by atoms with van der Waals surface area (Å²) in [5.74, 6) is 0.629. The van der Waals surface area contributed by atoms with Gasteiger partial charge >= 0.3 is 0 Å². The van der Waals surface area contributed by atoms with E-state index in [9.17, 15) is 4.39 Å². The molecule has 0 saturated carbocycles. The SMILES string of the molecule is COc1ccc(NCc2ccc(F)cc2I)cc1. The molecule has 4 heteroatoms. The largest absolute Gasteiger partial charge is 0.497 e. The fraction of sp³-hybridized carbons (Fsp3) is 0.143. The Kier molecular flexibility index (Phi) is 4.41. The van der Waals surface area contributed by atoms with Crippen molar-refractivity contribution in [3.8, 4) is 5.75 Å². The summed E-state index contributed by atoms with van der Waals surface area (Å²) < 4.78 is 19.0. The molecule has 0 spiro atoms. The minimum atomic E-state index is -0.201. The third-order valence-corrected chi connectivity index (χ3v) is 3.59. The highest BCUT2D eigenvalue weighted by molar-refractivity contribution is 14.1. The van der Waals surface area contributed by atoms with Crippen LogP contribution in [0.3, 0.4) is 0 Å². The number of hydrogen-bond acceptors (Lipinski definition) is 2. The molecule has 0 radical (unpaired) electrons. The predicted octanol–water partition coefficient (Wildman–Crippen LogP) is 4.05. The molecule has 2 aromatic carbocycles. The number of nitrogens with one attached hydrogen (secondary N) is 1. The molecule has 0 amide bonds. The average Bonchev–Trinajstić information content (AvgIpc) is 2.38. The van der Waals surface area contributed by atoms with Gasteiger partial charge in [-0.05, 0) is 64.6 Å². The summed E-state index contributed by atoms with van der Waals surface area (Å²) in [6.07, 6.45) is 0. The van der Waals surface area contributed by atoms with E-state index in [4.69, 9.17) is 4.74 Å². The number of rotatable bonds is 4. The van der Waals surface area contributed by atoms with Gasteiger partial charge in [-0.3, -0.25) is 0 Å². The minimum absolute atomic E-state index is 0.201. The minimum Gasteiger partial charge on any atom is -0.497 e. The van der Waals surface area contributed by atoms with Gasteiger partial charge in [0.15, 0.2) is 0 Å². The molecule has 0 heterocycles. The Hall–Kier alpha value is -1.30. The van der Waals surface area contributed by atoms with Gasteiger partial charge in [-0.25, -0.2) is 4.39 Å². The van der Waals surface area contributed by atoms with Gasteiger partial charge in [0.25, 0.3) is 0 Å². The Morgan fingerprint density at radius 2 is 1.89 bits per heavy atom. The smallest absolute Gasteiger partial charge is 0.124 e. The van der Waals surface area contributed by atoms with Crippen molar-refractivity contribution in [3.05, 3.63) is 57.4 Å². The van der Waals surface area contributed by atoms with E-state index in [1.54, 1.807) is 13.2 Å². The molecule has 0 saturated heterocycles. The molecular weight excluding hydrogens is 344 g/mol. The van der Waals surface area contributed by atoms with Crippen LogP contribution in [0.1, 0.15) is 5.56 Å². The third kappa shape index (κ3) is 3.35. The average molecular weight is 357 g/mol. The first-order valence-corrected chi connectivity index (χ1v) is 6.59. The monoisotopic (exact) mass is 357 g/mol. The van der Waals surface area contributed by atoms with E-state index in [-0.39, 0.29) is 5.82 Å². The van der Waals surface area contributed by atoms with Crippen LogP contribution in [0.2, 0.25) is 0 Å². The number of ether oxygens (including phenoxy) is 1. The summed E-state index contributed by atoms with van der Waals surface area (Å²) in [5, 5.41) is 3.29. The summed E-state index contributed by atoms with van der Waals surface area (Å²) in [4.78, 5) is 0. The predicted molar refractivity (Wildman–Crippen MR) is 79.4 cm³/mol. The molecular formula is C14H13FINO. The maximum absolute atomic E-state index is 13.0.